The first kappa shape index (κ1) is 16.3. The molecule has 1 atom stereocenters. The van der Waals surface area contributed by atoms with Gasteiger partial charge in [-0.05, 0) is 26.0 Å². The van der Waals surface area contributed by atoms with Crippen LogP contribution in [0.15, 0.2) is 30.3 Å². The van der Waals surface area contributed by atoms with Crippen LogP contribution in [0.2, 0.25) is 0 Å². The van der Waals surface area contributed by atoms with Crippen molar-refractivity contribution < 1.29 is 9.72 Å². The monoisotopic (exact) mass is 335 g/mol. The molecule has 0 radical (unpaired) electrons. The molecular formula is C17H13N5O3. The van der Waals surface area contributed by atoms with E-state index < -0.39 is 16.6 Å². The van der Waals surface area contributed by atoms with E-state index in [-0.39, 0.29) is 16.9 Å². The number of nitrogens with one attached hydrogen (secondary N) is 1. The predicted molar refractivity (Wildman–Crippen MR) is 89.1 cm³/mol. The number of nitro benzene ring substituents is 1. The van der Waals surface area contributed by atoms with Crippen LogP contribution in [0, 0.1) is 35.3 Å². The topological polar surface area (TPSA) is 126 Å². The molecule has 0 aliphatic rings. The van der Waals surface area contributed by atoms with Crippen LogP contribution in [-0.4, -0.2) is 25.7 Å². The number of carbonyl (C=O) groups is 1. The molecule has 1 unspecified atom stereocenters. The van der Waals surface area contributed by atoms with Crippen molar-refractivity contribution in [3.8, 4) is 6.07 Å². The van der Waals surface area contributed by atoms with E-state index in [9.17, 15) is 20.2 Å². The zero-order valence-corrected chi connectivity index (χ0v) is 13.5. The van der Waals surface area contributed by atoms with Crippen molar-refractivity contribution >= 4 is 22.4 Å². The van der Waals surface area contributed by atoms with Crippen LogP contribution < -0.4 is 0 Å². The Morgan fingerprint density at radius 2 is 2.08 bits per heavy atom. The van der Waals surface area contributed by atoms with Crippen LogP contribution in [0.3, 0.4) is 0 Å². The first-order valence-electron chi connectivity index (χ1n) is 7.43. The summed E-state index contributed by atoms with van der Waals surface area (Å²) in [7, 11) is 0. The number of hydrogen-bond acceptors (Lipinski definition) is 6. The van der Waals surface area contributed by atoms with E-state index in [0.717, 1.165) is 0 Å². The van der Waals surface area contributed by atoms with Gasteiger partial charge in [-0.15, -0.1) is 0 Å². The Balaban J connectivity index is 2.07. The van der Waals surface area contributed by atoms with Gasteiger partial charge in [-0.2, -0.15) is 5.26 Å². The number of ketones is 1. The highest BCUT2D eigenvalue weighted by atomic mass is 16.6. The third-order valence-electron chi connectivity index (χ3n) is 3.77. The maximum Gasteiger partial charge on any atom is 0.293 e. The van der Waals surface area contributed by atoms with E-state index >= 15 is 0 Å². The average Bonchev–Trinajstić information content (AvgIpc) is 2.98. The van der Waals surface area contributed by atoms with Crippen LogP contribution in [-0.2, 0) is 0 Å². The van der Waals surface area contributed by atoms with E-state index in [1.165, 1.54) is 12.1 Å². The van der Waals surface area contributed by atoms with Crippen molar-refractivity contribution in [3.05, 3.63) is 63.4 Å². The fraction of sp³-hybridized carbons (Fsp3) is 0.176. The molecule has 0 amide bonds. The zero-order chi connectivity index (χ0) is 18.1. The highest BCUT2D eigenvalue weighted by Gasteiger charge is 2.26. The smallest absolute Gasteiger partial charge is 0.293 e. The molecule has 0 fully saturated rings. The Morgan fingerprint density at radius 1 is 1.32 bits per heavy atom. The molecule has 0 saturated heterocycles. The summed E-state index contributed by atoms with van der Waals surface area (Å²) in [6.07, 6.45) is 0. The molecule has 8 nitrogen and oxygen atoms in total. The second-order valence-electron chi connectivity index (χ2n) is 5.59. The van der Waals surface area contributed by atoms with Gasteiger partial charge in [-0.25, -0.2) is 9.97 Å². The normalized spacial score (nSPS) is 11.9. The minimum absolute atomic E-state index is 0.126. The molecule has 8 heteroatoms. The fourth-order valence-electron chi connectivity index (χ4n) is 2.73. The lowest BCUT2D eigenvalue weighted by atomic mass is 9.98. The number of aryl methyl sites for hydroxylation is 2. The van der Waals surface area contributed by atoms with Crippen LogP contribution in [0.5, 0.6) is 0 Å². The van der Waals surface area contributed by atoms with Crippen LogP contribution in [0.4, 0.5) is 5.69 Å². The second-order valence-corrected chi connectivity index (χ2v) is 5.59. The molecule has 1 aromatic carbocycles. The number of hydrogen-bond donors (Lipinski definition) is 1. The summed E-state index contributed by atoms with van der Waals surface area (Å²) in [5.41, 5.74) is 1.22. The minimum Gasteiger partial charge on any atom is -0.346 e. The average molecular weight is 335 g/mol. The molecule has 0 aliphatic carbocycles. The van der Waals surface area contributed by atoms with Crippen LogP contribution in [0.1, 0.15) is 33.6 Å². The van der Waals surface area contributed by atoms with Gasteiger partial charge in [0.05, 0.1) is 22.4 Å². The number of nitro groups is 1. The summed E-state index contributed by atoms with van der Waals surface area (Å²) < 4.78 is 0. The number of nitrogens with zero attached hydrogens (tertiary/aromatic N) is 4. The number of para-hydroxylation sites is 1. The van der Waals surface area contributed by atoms with Crippen molar-refractivity contribution in [1.29, 1.82) is 5.26 Å². The van der Waals surface area contributed by atoms with Gasteiger partial charge in [0.15, 0.2) is 5.92 Å². The number of fused-ring (bicyclic) bond motifs is 1. The largest absolute Gasteiger partial charge is 0.346 e. The van der Waals surface area contributed by atoms with Gasteiger partial charge < -0.3 is 4.98 Å². The second kappa shape index (κ2) is 6.13. The number of Topliss-reactive ketones (excluding diaryl/α,β-unsaturated/α-hetero) is 1. The van der Waals surface area contributed by atoms with Gasteiger partial charge in [0, 0.05) is 17.1 Å². The molecule has 3 rings (SSSR count). The molecule has 2 aromatic heterocycles. The molecule has 3 aromatic rings. The molecular weight excluding hydrogens is 322 g/mol. The highest BCUT2D eigenvalue weighted by Crippen LogP contribution is 2.28. The Hall–Kier alpha value is -3.60. The summed E-state index contributed by atoms with van der Waals surface area (Å²) in [4.78, 5) is 34.4. The quantitative estimate of drug-likeness (QED) is 0.444. The fourth-order valence-corrected chi connectivity index (χ4v) is 2.73. The molecule has 2 heterocycles. The van der Waals surface area contributed by atoms with E-state index in [4.69, 9.17) is 0 Å². The number of aromatic amines is 1. The summed E-state index contributed by atoms with van der Waals surface area (Å²) in [5, 5.41) is 21.1. The number of nitriles is 1. The van der Waals surface area contributed by atoms with Crippen molar-refractivity contribution in [2.45, 2.75) is 19.8 Å². The zero-order valence-electron chi connectivity index (χ0n) is 13.5. The van der Waals surface area contributed by atoms with E-state index in [2.05, 4.69) is 15.0 Å². The minimum atomic E-state index is -1.12. The summed E-state index contributed by atoms with van der Waals surface area (Å²) >= 11 is 0. The summed E-state index contributed by atoms with van der Waals surface area (Å²) in [6, 6.07) is 9.62. The van der Waals surface area contributed by atoms with Crippen LogP contribution in [0.25, 0.3) is 10.9 Å². The molecule has 124 valence electrons. The summed E-state index contributed by atoms with van der Waals surface area (Å²) in [5.74, 6) is -1.15. The molecule has 1 N–H and O–H groups in total. The van der Waals surface area contributed by atoms with E-state index in [0.29, 0.717) is 22.6 Å². The van der Waals surface area contributed by atoms with Gasteiger partial charge in [0.25, 0.3) is 5.69 Å². The van der Waals surface area contributed by atoms with Gasteiger partial charge in [0.2, 0.25) is 5.78 Å². The van der Waals surface area contributed by atoms with Crippen molar-refractivity contribution in [1.82, 2.24) is 15.0 Å². The van der Waals surface area contributed by atoms with Crippen molar-refractivity contribution in [2.75, 3.05) is 0 Å². The molecule has 0 aliphatic heterocycles. The third-order valence-corrected chi connectivity index (χ3v) is 3.77. The number of aromatic nitrogens is 3. The maximum absolute atomic E-state index is 12.8. The van der Waals surface area contributed by atoms with E-state index in [1.54, 1.807) is 32.0 Å². The van der Waals surface area contributed by atoms with Crippen molar-refractivity contribution in [3.63, 3.8) is 0 Å². The lowest BCUT2D eigenvalue weighted by molar-refractivity contribution is -0.383. The van der Waals surface area contributed by atoms with Gasteiger partial charge in [0.1, 0.15) is 11.3 Å². The van der Waals surface area contributed by atoms with E-state index in [1.807, 2.05) is 6.07 Å². The van der Waals surface area contributed by atoms with Gasteiger partial charge in [-0.1, -0.05) is 12.1 Å². The Labute approximate surface area is 142 Å². The first-order valence-corrected chi connectivity index (χ1v) is 7.43. The van der Waals surface area contributed by atoms with Gasteiger partial charge in [-0.3, -0.25) is 14.9 Å². The number of non-ortho nitro benzene ring substituents is 1. The Kier molecular flexibility index (Phi) is 3.99. The third kappa shape index (κ3) is 2.95. The Morgan fingerprint density at radius 3 is 2.72 bits per heavy atom. The number of benzene rings is 1. The maximum atomic E-state index is 12.8. The molecule has 0 saturated carbocycles. The molecule has 25 heavy (non-hydrogen) atoms. The van der Waals surface area contributed by atoms with Gasteiger partial charge >= 0.3 is 0 Å². The standard InChI is InChI=1S/C17H13N5O3/c1-9-6-13(20-10(2)19-9)12(8-18)17(23)14-7-11-4-3-5-15(22(24)25)16(11)21-14/h3-7,12,21H,1-2H3. The molecule has 0 bridgehead atoms. The predicted octanol–water partition coefficient (Wildman–Crippen LogP) is 2.97. The number of rotatable bonds is 4. The lowest BCUT2D eigenvalue weighted by Crippen LogP contribution is -2.14. The number of carbonyl (C=O) groups excluding carboxylic acids is 1. The lowest BCUT2D eigenvalue weighted by Gasteiger charge is -2.08. The highest BCUT2D eigenvalue weighted by molar-refractivity contribution is 6.05. The first-order chi connectivity index (χ1) is 11.9. The van der Waals surface area contributed by atoms with Crippen LogP contribution >= 0.6 is 0 Å². The Bertz CT molecular complexity index is 1030. The SMILES string of the molecule is Cc1cc(C(C#N)C(=O)c2cc3cccc([N+](=O)[O-])c3[nH]2)nc(C)n1. The molecule has 0 spiro atoms. The number of H-pyrrole nitrogens is 1. The van der Waals surface area contributed by atoms with Crippen molar-refractivity contribution in [2.24, 2.45) is 0 Å². The summed E-state index contributed by atoms with van der Waals surface area (Å²) in [6.45, 7) is 3.44.